The van der Waals surface area contributed by atoms with Crippen molar-refractivity contribution in [3.63, 3.8) is 0 Å². The van der Waals surface area contributed by atoms with E-state index in [4.69, 9.17) is 11.6 Å². The molecule has 0 spiro atoms. The van der Waals surface area contributed by atoms with Crippen molar-refractivity contribution in [1.29, 1.82) is 0 Å². The maximum Gasteiger partial charge on any atom is 0.270 e. The average molecular weight is 303 g/mol. The summed E-state index contributed by atoms with van der Waals surface area (Å²) in [5.74, 6) is 0.451. The van der Waals surface area contributed by atoms with Crippen LogP contribution >= 0.6 is 11.6 Å². The van der Waals surface area contributed by atoms with Crippen LogP contribution in [0.25, 0.3) is 0 Å². The van der Waals surface area contributed by atoms with E-state index in [0.717, 1.165) is 18.4 Å². The van der Waals surface area contributed by atoms with Gasteiger partial charge in [0.25, 0.3) is 5.91 Å². The van der Waals surface area contributed by atoms with Gasteiger partial charge in [-0.05, 0) is 24.5 Å². The summed E-state index contributed by atoms with van der Waals surface area (Å²) in [6, 6.07) is 9.57. The molecule has 1 aliphatic rings. The highest BCUT2D eigenvalue weighted by Crippen LogP contribution is 2.23. The number of hydrogen-bond donors (Lipinski definition) is 2. The Balaban J connectivity index is 1.63. The van der Waals surface area contributed by atoms with E-state index in [2.05, 4.69) is 20.6 Å². The van der Waals surface area contributed by atoms with Crippen molar-refractivity contribution in [2.24, 2.45) is 0 Å². The summed E-state index contributed by atoms with van der Waals surface area (Å²) in [6.45, 7) is 0.369. The molecule has 0 unspecified atom stereocenters. The zero-order chi connectivity index (χ0) is 14.7. The molecule has 2 aromatic rings. The second-order valence-electron chi connectivity index (χ2n) is 4.98. The zero-order valence-electron chi connectivity index (χ0n) is 11.3. The topological polar surface area (TPSA) is 66.9 Å². The van der Waals surface area contributed by atoms with Crippen LogP contribution in [0.5, 0.6) is 0 Å². The average Bonchev–Trinajstić information content (AvgIpc) is 3.30. The molecule has 1 amide bonds. The second kappa shape index (κ2) is 6.10. The lowest BCUT2D eigenvalue weighted by atomic mass is 10.2. The first-order valence-electron chi connectivity index (χ1n) is 6.82. The summed E-state index contributed by atoms with van der Waals surface area (Å²) in [6.07, 6.45) is 3.70. The van der Waals surface area contributed by atoms with Crippen molar-refractivity contribution in [3.05, 3.63) is 52.9 Å². The predicted molar refractivity (Wildman–Crippen MR) is 81.3 cm³/mol. The molecule has 0 atom stereocenters. The van der Waals surface area contributed by atoms with Crippen molar-refractivity contribution in [2.45, 2.75) is 25.4 Å². The number of benzene rings is 1. The molecule has 5 nitrogen and oxygen atoms in total. The van der Waals surface area contributed by atoms with Gasteiger partial charge in [0, 0.05) is 23.7 Å². The fraction of sp³-hybridized carbons (Fsp3) is 0.267. The molecular formula is C15H15ClN4O. The predicted octanol–water partition coefficient (Wildman–Crippen LogP) is 2.63. The monoisotopic (exact) mass is 302 g/mol. The molecule has 1 saturated carbocycles. The Kier molecular flexibility index (Phi) is 4.01. The molecule has 0 saturated heterocycles. The van der Waals surface area contributed by atoms with E-state index >= 15 is 0 Å². The van der Waals surface area contributed by atoms with Crippen LogP contribution in [-0.2, 0) is 6.54 Å². The lowest BCUT2D eigenvalue weighted by Crippen LogP contribution is -2.24. The molecule has 1 aromatic carbocycles. The molecule has 3 rings (SSSR count). The lowest BCUT2D eigenvalue weighted by molar-refractivity contribution is 0.0946. The summed E-state index contributed by atoms with van der Waals surface area (Å²) >= 11 is 6.06. The number of nitrogens with one attached hydrogen (secondary N) is 2. The maximum atomic E-state index is 12.1. The number of halogens is 1. The number of carbonyl (C=O) groups excluding carboxylic acids is 1. The van der Waals surface area contributed by atoms with Crippen molar-refractivity contribution in [2.75, 3.05) is 5.32 Å². The minimum atomic E-state index is -0.240. The van der Waals surface area contributed by atoms with E-state index in [-0.39, 0.29) is 5.91 Å². The molecule has 21 heavy (non-hydrogen) atoms. The van der Waals surface area contributed by atoms with Gasteiger partial charge in [-0.1, -0.05) is 29.8 Å². The smallest absolute Gasteiger partial charge is 0.270 e. The minimum absolute atomic E-state index is 0.240. The van der Waals surface area contributed by atoms with E-state index in [9.17, 15) is 4.79 Å². The van der Waals surface area contributed by atoms with Gasteiger partial charge < -0.3 is 10.6 Å². The van der Waals surface area contributed by atoms with Crippen LogP contribution in [0, 0.1) is 0 Å². The largest absolute Gasteiger partial charge is 0.367 e. The Labute approximate surface area is 127 Å². The Morgan fingerprint density at radius 3 is 2.86 bits per heavy atom. The van der Waals surface area contributed by atoms with Crippen molar-refractivity contribution >= 4 is 23.3 Å². The highest BCUT2D eigenvalue weighted by Gasteiger charge is 2.21. The molecule has 0 bridgehead atoms. The minimum Gasteiger partial charge on any atom is -0.367 e. The van der Waals surface area contributed by atoms with Gasteiger partial charge in [-0.15, -0.1) is 0 Å². The summed E-state index contributed by atoms with van der Waals surface area (Å²) in [5, 5.41) is 6.69. The van der Waals surface area contributed by atoms with Crippen LogP contribution in [0.4, 0.5) is 5.82 Å². The normalized spacial score (nSPS) is 13.8. The number of nitrogens with zero attached hydrogens (tertiary/aromatic N) is 2. The van der Waals surface area contributed by atoms with Crippen LogP contribution in [0.1, 0.15) is 28.9 Å². The SMILES string of the molecule is O=C(NCc1ccccc1Cl)c1cc(NC2CC2)ncn1. The molecule has 2 N–H and O–H groups in total. The number of amides is 1. The molecule has 1 heterocycles. The molecular weight excluding hydrogens is 288 g/mol. The summed E-state index contributed by atoms with van der Waals surface area (Å²) < 4.78 is 0. The molecule has 1 fully saturated rings. The van der Waals surface area contributed by atoms with E-state index in [1.54, 1.807) is 12.1 Å². The van der Waals surface area contributed by atoms with Crippen LogP contribution in [0.2, 0.25) is 5.02 Å². The van der Waals surface area contributed by atoms with Crippen LogP contribution in [0.3, 0.4) is 0 Å². The second-order valence-corrected chi connectivity index (χ2v) is 5.39. The highest BCUT2D eigenvalue weighted by molar-refractivity contribution is 6.31. The van der Waals surface area contributed by atoms with Gasteiger partial charge in [0.15, 0.2) is 0 Å². The molecule has 1 aromatic heterocycles. The van der Waals surface area contributed by atoms with Crippen LogP contribution in [0.15, 0.2) is 36.7 Å². The lowest BCUT2D eigenvalue weighted by Gasteiger charge is -2.08. The molecule has 0 radical (unpaired) electrons. The van der Waals surface area contributed by atoms with Gasteiger partial charge >= 0.3 is 0 Å². The van der Waals surface area contributed by atoms with Gasteiger partial charge in [-0.3, -0.25) is 4.79 Å². The molecule has 1 aliphatic carbocycles. The summed E-state index contributed by atoms with van der Waals surface area (Å²) in [7, 11) is 0. The van der Waals surface area contributed by atoms with Crippen LogP contribution < -0.4 is 10.6 Å². The third-order valence-electron chi connectivity index (χ3n) is 3.23. The van der Waals surface area contributed by atoms with Gasteiger partial charge in [0.1, 0.15) is 17.8 Å². The van der Waals surface area contributed by atoms with E-state index in [1.165, 1.54) is 6.33 Å². The highest BCUT2D eigenvalue weighted by atomic mass is 35.5. The van der Waals surface area contributed by atoms with Gasteiger partial charge in [0.05, 0.1) is 0 Å². The Morgan fingerprint density at radius 2 is 2.10 bits per heavy atom. The number of hydrogen-bond acceptors (Lipinski definition) is 4. The Hall–Kier alpha value is -2.14. The van der Waals surface area contributed by atoms with E-state index in [1.807, 2.05) is 18.2 Å². The number of carbonyl (C=O) groups is 1. The summed E-state index contributed by atoms with van der Waals surface area (Å²) in [4.78, 5) is 20.2. The Morgan fingerprint density at radius 1 is 1.29 bits per heavy atom. The quantitative estimate of drug-likeness (QED) is 0.891. The van der Waals surface area contributed by atoms with Crippen molar-refractivity contribution in [1.82, 2.24) is 15.3 Å². The summed E-state index contributed by atoms with van der Waals surface area (Å²) in [5.41, 5.74) is 1.22. The first-order valence-corrected chi connectivity index (χ1v) is 7.20. The standard InChI is InChI=1S/C15H15ClN4O/c16-12-4-2-1-3-10(12)8-17-15(21)13-7-14(19-9-18-13)20-11-5-6-11/h1-4,7,9,11H,5-6,8H2,(H,17,21)(H,18,19,20). The number of rotatable bonds is 5. The first kappa shape index (κ1) is 13.8. The molecule has 6 heteroatoms. The third kappa shape index (κ3) is 3.70. The fourth-order valence-electron chi connectivity index (χ4n) is 1.91. The number of anilines is 1. The van der Waals surface area contributed by atoms with Gasteiger partial charge in [-0.25, -0.2) is 9.97 Å². The van der Waals surface area contributed by atoms with Crippen LogP contribution in [-0.4, -0.2) is 21.9 Å². The third-order valence-corrected chi connectivity index (χ3v) is 3.60. The maximum absolute atomic E-state index is 12.1. The van der Waals surface area contributed by atoms with Crippen molar-refractivity contribution < 1.29 is 4.79 Å². The first-order chi connectivity index (χ1) is 10.2. The van der Waals surface area contributed by atoms with E-state index < -0.39 is 0 Å². The van der Waals surface area contributed by atoms with E-state index in [0.29, 0.717) is 29.1 Å². The van der Waals surface area contributed by atoms with Gasteiger partial charge in [0.2, 0.25) is 0 Å². The number of aromatic nitrogens is 2. The Bertz CT molecular complexity index is 658. The molecule has 0 aliphatic heterocycles. The fourth-order valence-corrected chi connectivity index (χ4v) is 2.11. The van der Waals surface area contributed by atoms with Gasteiger partial charge in [-0.2, -0.15) is 0 Å². The zero-order valence-corrected chi connectivity index (χ0v) is 12.1. The molecule has 108 valence electrons. The van der Waals surface area contributed by atoms with Crippen molar-refractivity contribution in [3.8, 4) is 0 Å².